The molecule has 0 radical (unpaired) electrons. The van der Waals surface area contributed by atoms with E-state index in [1.165, 1.54) is 4.90 Å². The van der Waals surface area contributed by atoms with Gasteiger partial charge >= 0.3 is 0 Å². The molecule has 1 fully saturated rings. The van der Waals surface area contributed by atoms with Gasteiger partial charge in [-0.05, 0) is 35.9 Å². The molecule has 0 unspecified atom stereocenters. The Labute approximate surface area is 166 Å². The maximum absolute atomic E-state index is 12.2. The van der Waals surface area contributed by atoms with Gasteiger partial charge in [0.25, 0.3) is 5.24 Å². The van der Waals surface area contributed by atoms with Crippen molar-refractivity contribution in [3.05, 3.63) is 66.5 Å². The molecule has 0 aliphatic carbocycles. The summed E-state index contributed by atoms with van der Waals surface area (Å²) < 4.78 is 12.8. The average molecular weight is 394 g/mol. The second kappa shape index (κ2) is 7.09. The number of nitrogens with zero attached hydrogens (tertiary/aromatic N) is 2. The highest BCUT2D eigenvalue weighted by Crippen LogP contribution is 2.37. The largest absolute Gasteiger partial charge is 0.493 e. The Morgan fingerprint density at radius 3 is 2.50 bits per heavy atom. The van der Waals surface area contributed by atoms with Crippen LogP contribution in [0.15, 0.2) is 60.9 Å². The summed E-state index contributed by atoms with van der Waals surface area (Å²) in [6.45, 7) is 4.38. The van der Waals surface area contributed by atoms with Crippen LogP contribution in [-0.4, -0.2) is 29.1 Å². The summed E-state index contributed by atoms with van der Waals surface area (Å²) in [5.74, 6) is 1.35. The van der Waals surface area contributed by atoms with E-state index in [1.54, 1.807) is 14.2 Å². The summed E-state index contributed by atoms with van der Waals surface area (Å²) in [5.41, 5.74) is 2.86. The molecule has 0 bridgehead atoms. The van der Waals surface area contributed by atoms with Crippen LogP contribution in [-0.2, 0) is 11.3 Å². The molecule has 2 heterocycles. The quantitative estimate of drug-likeness (QED) is 0.600. The third kappa shape index (κ3) is 2.93. The molecule has 1 saturated heterocycles. The lowest BCUT2D eigenvalue weighted by molar-refractivity contribution is -0.107. The number of methoxy groups -OCH3 is 2. The molecular formula is C21H18N2O4S. The van der Waals surface area contributed by atoms with E-state index < -0.39 is 0 Å². The Kier molecular flexibility index (Phi) is 4.60. The number of carbonyl (C=O) groups is 2. The maximum atomic E-state index is 12.2. The maximum Gasteiger partial charge on any atom is 0.298 e. The predicted octanol–water partition coefficient (Wildman–Crippen LogP) is 4.42. The number of benzene rings is 2. The van der Waals surface area contributed by atoms with Crippen LogP contribution in [0.4, 0.5) is 10.5 Å². The second-order valence-corrected chi connectivity index (χ2v) is 7.20. The fraction of sp³-hybridized carbons (Fsp3) is 0.143. The molecule has 1 aliphatic rings. The Hall–Kier alpha value is -3.19. The van der Waals surface area contributed by atoms with Crippen molar-refractivity contribution < 1.29 is 19.1 Å². The first-order chi connectivity index (χ1) is 13.5. The van der Waals surface area contributed by atoms with Crippen molar-refractivity contribution in [3.8, 4) is 11.5 Å². The second-order valence-electron chi connectivity index (χ2n) is 6.28. The minimum atomic E-state index is -0.324. The topological polar surface area (TPSA) is 60.8 Å². The van der Waals surface area contributed by atoms with Crippen LogP contribution in [0.3, 0.4) is 0 Å². The predicted molar refractivity (Wildman–Crippen MR) is 110 cm³/mol. The number of amides is 1. The monoisotopic (exact) mass is 394 g/mol. The fourth-order valence-corrected chi connectivity index (χ4v) is 4.01. The normalized spacial score (nSPS) is 14.2. The van der Waals surface area contributed by atoms with Crippen molar-refractivity contribution in [2.24, 2.45) is 0 Å². The summed E-state index contributed by atoms with van der Waals surface area (Å²) in [7, 11) is 3.22. The highest BCUT2D eigenvalue weighted by Gasteiger charge is 2.35. The molecule has 7 heteroatoms. The van der Waals surface area contributed by atoms with Gasteiger partial charge in [0.2, 0.25) is 5.12 Å². The third-order valence-corrected chi connectivity index (χ3v) is 5.48. The van der Waals surface area contributed by atoms with Crippen molar-refractivity contribution >= 4 is 38.7 Å². The van der Waals surface area contributed by atoms with Crippen molar-refractivity contribution in [1.29, 1.82) is 0 Å². The van der Waals surface area contributed by atoms with Crippen LogP contribution in [0.25, 0.3) is 10.9 Å². The number of rotatable bonds is 5. The zero-order valence-electron chi connectivity index (χ0n) is 15.5. The van der Waals surface area contributed by atoms with Crippen LogP contribution < -0.4 is 14.4 Å². The van der Waals surface area contributed by atoms with E-state index in [1.807, 2.05) is 48.7 Å². The molecule has 1 aromatic heterocycles. The zero-order valence-corrected chi connectivity index (χ0v) is 16.3. The molecule has 0 saturated carbocycles. The first-order valence-corrected chi connectivity index (χ1v) is 9.39. The highest BCUT2D eigenvalue weighted by molar-refractivity contribution is 8.27. The van der Waals surface area contributed by atoms with Crippen LogP contribution in [0.1, 0.15) is 5.56 Å². The molecule has 0 atom stereocenters. The zero-order chi connectivity index (χ0) is 19.8. The minimum absolute atomic E-state index is 0.190. The third-order valence-electron chi connectivity index (χ3n) is 4.70. The molecular weight excluding hydrogens is 376 g/mol. The molecule has 1 amide bonds. The van der Waals surface area contributed by atoms with Crippen LogP contribution >= 0.6 is 11.8 Å². The minimum Gasteiger partial charge on any atom is -0.493 e. The first-order valence-electron chi connectivity index (χ1n) is 8.57. The highest BCUT2D eigenvalue weighted by atomic mass is 32.2. The average Bonchev–Trinajstić information content (AvgIpc) is 3.22. The van der Waals surface area contributed by atoms with Gasteiger partial charge in [0.05, 0.1) is 31.1 Å². The SMILES string of the molecule is C=C1C(=O)SC(=O)N1c1cccc2c1ccn2Cc1ccc(OC)c(OC)c1. The lowest BCUT2D eigenvalue weighted by atomic mass is 10.1. The van der Waals surface area contributed by atoms with E-state index in [0.717, 1.165) is 16.5 Å². The van der Waals surface area contributed by atoms with E-state index in [4.69, 9.17) is 9.47 Å². The number of ether oxygens (including phenoxy) is 2. The van der Waals surface area contributed by atoms with Gasteiger partial charge < -0.3 is 14.0 Å². The summed E-state index contributed by atoms with van der Waals surface area (Å²) >= 11 is 0.673. The summed E-state index contributed by atoms with van der Waals surface area (Å²) in [6.07, 6.45) is 1.96. The van der Waals surface area contributed by atoms with E-state index in [2.05, 4.69) is 11.1 Å². The number of hydrogen-bond donors (Lipinski definition) is 0. The molecule has 0 spiro atoms. The van der Waals surface area contributed by atoms with Gasteiger partial charge in [-0.3, -0.25) is 14.5 Å². The van der Waals surface area contributed by atoms with Crippen molar-refractivity contribution in [2.45, 2.75) is 6.54 Å². The molecule has 3 aromatic rings. The van der Waals surface area contributed by atoms with Gasteiger partial charge in [-0.2, -0.15) is 0 Å². The van der Waals surface area contributed by atoms with E-state index in [0.29, 0.717) is 35.5 Å². The van der Waals surface area contributed by atoms with Crippen LogP contribution in [0.5, 0.6) is 11.5 Å². The Morgan fingerprint density at radius 2 is 1.82 bits per heavy atom. The number of anilines is 1. The van der Waals surface area contributed by atoms with Gasteiger partial charge in [0.15, 0.2) is 11.5 Å². The molecule has 4 rings (SSSR count). The number of carbonyl (C=O) groups excluding carboxylic acids is 2. The van der Waals surface area contributed by atoms with Gasteiger partial charge in [0, 0.05) is 29.9 Å². The van der Waals surface area contributed by atoms with E-state index >= 15 is 0 Å². The number of aromatic nitrogens is 1. The standard InChI is InChI=1S/C21H18N2O4S/c1-13-20(24)28-21(25)23(13)17-6-4-5-16-15(17)9-10-22(16)12-14-7-8-18(26-2)19(11-14)27-3/h4-11H,1,12H2,2-3H3. The lowest BCUT2D eigenvalue weighted by Crippen LogP contribution is -2.20. The van der Waals surface area contributed by atoms with Crippen LogP contribution in [0, 0.1) is 0 Å². The van der Waals surface area contributed by atoms with Crippen LogP contribution in [0.2, 0.25) is 0 Å². The molecule has 142 valence electrons. The lowest BCUT2D eigenvalue weighted by Gasteiger charge is -2.16. The fourth-order valence-electron chi connectivity index (χ4n) is 3.34. The van der Waals surface area contributed by atoms with Gasteiger partial charge in [-0.25, -0.2) is 0 Å². The van der Waals surface area contributed by atoms with Gasteiger partial charge in [-0.15, -0.1) is 0 Å². The summed E-state index contributed by atoms with van der Waals surface area (Å²) in [5, 5.41) is 0.245. The van der Waals surface area contributed by atoms with Gasteiger partial charge in [0.1, 0.15) is 0 Å². The molecule has 2 aromatic carbocycles. The number of fused-ring (bicyclic) bond motifs is 1. The number of hydrogen-bond acceptors (Lipinski definition) is 5. The molecule has 28 heavy (non-hydrogen) atoms. The number of thioether (sulfide) groups is 1. The van der Waals surface area contributed by atoms with Gasteiger partial charge in [-0.1, -0.05) is 18.7 Å². The summed E-state index contributed by atoms with van der Waals surface area (Å²) in [6, 6.07) is 13.4. The van der Waals surface area contributed by atoms with Crippen molar-refractivity contribution in [1.82, 2.24) is 4.57 Å². The van der Waals surface area contributed by atoms with Crippen molar-refractivity contribution in [2.75, 3.05) is 19.1 Å². The first kappa shape index (κ1) is 18.2. The Bertz CT molecular complexity index is 1120. The molecule has 0 N–H and O–H groups in total. The Balaban J connectivity index is 1.72. The van der Waals surface area contributed by atoms with E-state index in [9.17, 15) is 9.59 Å². The van der Waals surface area contributed by atoms with Crippen molar-refractivity contribution in [3.63, 3.8) is 0 Å². The summed E-state index contributed by atoms with van der Waals surface area (Å²) in [4.78, 5) is 25.5. The smallest absolute Gasteiger partial charge is 0.298 e. The molecule has 6 nitrogen and oxygen atoms in total. The Morgan fingerprint density at radius 1 is 1.04 bits per heavy atom. The van der Waals surface area contributed by atoms with E-state index in [-0.39, 0.29) is 16.1 Å². The molecule has 1 aliphatic heterocycles.